The fourth-order valence-electron chi connectivity index (χ4n) is 3.70. The predicted octanol–water partition coefficient (Wildman–Crippen LogP) is 0.532. The molecule has 1 aromatic heterocycles. The van der Waals surface area contributed by atoms with Crippen molar-refractivity contribution in [1.29, 1.82) is 0 Å². The van der Waals surface area contributed by atoms with Crippen LogP contribution in [0.1, 0.15) is 32.0 Å². The number of nitrogens with zero attached hydrogens (tertiary/aromatic N) is 3. The van der Waals surface area contributed by atoms with Crippen LogP contribution in [0.4, 0.5) is 0 Å². The monoisotopic (exact) mass is 420 g/mol. The summed E-state index contributed by atoms with van der Waals surface area (Å²) >= 11 is 5.68. The van der Waals surface area contributed by atoms with E-state index >= 15 is 0 Å². The Morgan fingerprint density at radius 3 is 2.55 bits per heavy atom. The van der Waals surface area contributed by atoms with Gasteiger partial charge in [0, 0.05) is 18.5 Å². The lowest BCUT2D eigenvalue weighted by atomic mass is 9.96. The van der Waals surface area contributed by atoms with Crippen LogP contribution in [0, 0.1) is 4.77 Å². The Labute approximate surface area is 172 Å². The van der Waals surface area contributed by atoms with Crippen LogP contribution in [0.3, 0.4) is 0 Å². The zero-order chi connectivity index (χ0) is 20.7. The number of amides is 1. The minimum Gasteiger partial charge on any atom is -0.394 e. The van der Waals surface area contributed by atoms with Gasteiger partial charge in [-0.2, -0.15) is 0 Å². The first-order chi connectivity index (χ1) is 13.9. The number of aliphatic hydroxyl groups excluding tert-OH is 3. The third-order valence-corrected chi connectivity index (χ3v) is 5.67. The fraction of sp³-hybridized carbons (Fsp3) is 0.526. The molecule has 29 heavy (non-hydrogen) atoms. The minimum atomic E-state index is -1.36. The lowest BCUT2D eigenvalue weighted by molar-refractivity contribution is -0.219. The molecule has 1 saturated heterocycles. The second-order valence-corrected chi connectivity index (χ2v) is 7.84. The van der Waals surface area contributed by atoms with Gasteiger partial charge in [-0.1, -0.05) is 30.3 Å². The summed E-state index contributed by atoms with van der Waals surface area (Å²) in [5.74, 6) is 0.276. The van der Waals surface area contributed by atoms with Crippen molar-refractivity contribution in [3.05, 3.63) is 35.1 Å². The molecule has 0 spiro atoms. The average molecular weight is 420 g/mol. The van der Waals surface area contributed by atoms with Crippen LogP contribution in [0.25, 0.3) is 11.4 Å². The molecule has 2 heterocycles. The molecule has 1 aliphatic heterocycles. The largest absolute Gasteiger partial charge is 0.394 e. The molecule has 0 bridgehead atoms. The van der Waals surface area contributed by atoms with E-state index in [1.54, 1.807) is 0 Å². The second kappa shape index (κ2) is 7.96. The smallest absolute Gasteiger partial charge is 0.217 e. The van der Waals surface area contributed by atoms with Gasteiger partial charge in [-0.25, -0.2) is 4.68 Å². The lowest BCUT2D eigenvalue weighted by Gasteiger charge is -2.42. The molecule has 9 nitrogen and oxygen atoms in total. The Morgan fingerprint density at radius 2 is 1.97 bits per heavy atom. The van der Waals surface area contributed by atoms with Crippen molar-refractivity contribution in [3.63, 3.8) is 0 Å². The highest BCUT2D eigenvalue weighted by atomic mass is 32.1. The van der Waals surface area contributed by atoms with Gasteiger partial charge in [-0.3, -0.25) is 9.36 Å². The third kappa shape index (κ3) is 3.74. The van der Waals surface area contributed by atoms with Crippen LogP contribution >= 0.6 is 12.2 Å². The summed E-state index contributed by atoms with van der Waals surface area (Å²) in [6, 6.07) is 8.85. The van der Waals surface area contributed by atoms with Crippen molar-refractivity contribution >= 4 is 18.1 Å². The summed E-state index contributed by atoms with van der Waals surface area (Å²) < 4.78 is 9.66. The van der Waals surface area contributed by atoms with Crippen molar-refractivity contribution in [2.45, 2.75) is 56.4 Å². The normalized spacial score (nSPS) is 29.6. The SMILES string of the molecule is CC(=O)N[C@@H]1[C@@H](O)[C@H](O)[C@H](CO)O[C@@H]1n1nc(-c2ccccc2)n(C2CC2)c1=S. The van der Waals surface area contributed by atoms with Crippen molar-refractivity contribution in [1.82, 2.24) is 19.7 Å². The third-order valence-electron chi connectivity index (χ3n) is 5.29. The van der Waals surface area contributed by atoms with Gasteiger partial charge in [0.25, 0.3) is 0 Å². The number of ether oxygens (including phenoxy) is 1. The summed E-state index contributed by atoms with van der Waals surface area (Å²) in [5, 5.41) is 37.7. The highest BCUT2D eigenvalue weighted by Crippen LogP contribution is 2.39. The first-order valence-electron chi connectivity index (χ1n) is 9.58. The highest BCUT2D eigenvalue weighted by Gasteiger charge is 2.47. The molecule has 0 unspecified atom stereocenters. The zero-order valence-electron chi connectivity index (χ0n) is 15.9. The molecule has 2 aromatic rings. The Kier molecular flexibility index (Phi) is 5.54. The Bertz CT molecular complexity index is 942. The standard InChI is InChI=1S/C19H24N4O5S/c1-10(25)20-14-16(27)15(26)13(9-24)28-18(14)23-19(29)22(12-7-8-12)17(21-23)11-5-3-2-4-6-11/h2-6,12-16,18,24,26-27H,7-9H2,1H3,(H,20,25)/t13-,14+,15+,16+,18-/m0/s1. The molecule has 4 N–H and O–H groups in total. The van der Waals surface area contributed by atoms with Gasteiger partial charge in [-0.15, -0.1) is 5.10 Å². The molecule has 1 aliphatic carbocycles. The fourth-order valence-corrected chi connectivity index (χ4v) is 4.08. The molecule has 2 fully saturated rings. The Balaban J connectivity index is 1.81. The first kappa shape index (κ1) is 20.2. The molecule has 2 aliphatic rings. The maximum atomic E-state index is 11.7. The van der Waals surface area contributed by atoms with E-state index in [0.717, 1.165) is 18.4 Å². The number of hydrogen-bond acceptors (Lipinski definition) is 7. The van der Waals surface area contributed by atoms with Gasteiger partial charge in [-0.05, 0) is 25.1 Å². The number of benzene rings is 1. The van der Waals surface area contributed by atoms with E-state index in [-0.39, 0.29) is 6.04 Å². The molecule has 156 valence electrons. The Hall–Kier alpha value is -2.11. The van der Waals surface area contributed by atoms with E-state index in [4.69, 9.17) is 17.0 Å². The van der Waals surface area contributed by atoms with Gasteiger partial charge in [0.05, 0.1) is 6.61 Å². The number of aromatic nitrogens is 3. The second-order valence-electron chi connectivity index (χ2n) is 7.47. The molecular weight excluding hydrogens is 396 g/mol. The van der Waals surface area contributed by atoms with E-state index in [9.17, 15) is 20.1 Å². The number of carbonyl (C=O) groups is 1. The van der Waals surface area contributed by atoms with E-state index in [0.29, 0.717) is 10.6 Å². The van der Waals surface area contributed by atoms with Gasteiger partial charge < -0.3 is 25.4 Å². The van der Waals surface area contributed by atoms with E-state index in [1.165, 1.54) is 11.6 Å². The molecule has 0 radical (unpaired) electrons. The molecule has 1 aromatic carbocycles. The molecule has 10 heteroatoms. The van der Waals surface area contributed by atoms with Crippen molar-refractivity contribution in [2.75, 3.05) is 6.61 Å². The quantitative estimate of drug-likeness (QED) is 0.521. The molecule has 5 atom stereocenters. The molecule has 4 rings (SSSR count). The van der Waals surface area contributed by atoms with E-state index in [1.807, 2.05) is 34.9 Å². The van der Waals surface area contributed by atoms with Crippen molar-refractivity contribution < 1.29 is 24.9 Å². The van der Waals surface area contributed by atoms with Gasteiger partial charge in [0.15, 0.2) is 12.1 Å². The average Bonchev–Trinajstić information content (AvgIpc) is 3.49. The van der Waals surface area contributed by atoms with Crippen molar-refractivity contribution in [2.24, 2.45) is 0 Å². The molecular formula is C19H24N4O5S. The van der Waals surface area contributed by atoms with E-state index < -0.39 is 43.1 Å². The van der Waals surface area contributed by atoms with Gasteiger partial charge >= 0.3 is 0 Å². The van der Waals surface area contributed by atoms with Gasteiger partial charge in [0.2, 0.25) is 10.7 Å². The molecule has 1 amide bonds. The van der Waals surface area contributed by atoms with Crippen LogP contribution in [0.2, 0.25) is 0 Å². The summed E-state index contributed by atoms with van der Waals surface area (Å²) in [5.41, 5.74) is 0.885. The van der Waals surface area contributed by atoms with Crippen LogP contribution in [-0.4, -0.2) is 66.5 Å². The molecule has 1 saturated carbocycles. The maximum absolute atomic E-state index is 11.7. The maximum Gasteiger partial charge on any atom is 0.217 e. The number of carbonyl (C=O) groups excluding carboxylic acids is 1. The number of aliphatic hydroxyl groups is 3. The lowest BCUT2D eigenvalue weighted by Crippen LogP contribution is -2.62. The number of rotatable bonds is 5. The van der Waals surface area contributed by atoms with E-state index in [2.05, 4.69) is 10.4 Å². The summed E-state index contributed by atoms with van der Waals surface area (Å²) in [7, 11) is 0. The van der Waals surface area contributed by atoms with Crippen molar-refractivity contribution in [3.8, 4) is 11.4 Å². The van der Waals surface area contributed by atoms with Crippen LogP contribution in [-0.2, 0) is 9.53 Å². The number of nitrogens with one attached hydrogen (secondary N) is 1. The minimum absolute atomic E-state index is 0.235. The van der Waals surface area contributed by atoms with Gasteiger partial charge in [0.1, 0.15) is 24.4 Å². The summed E-state index contributed by atoms with van der Waals surface area (Å²) in [4.78, 5) is 11.7. The van der Waals surface area contributed by atoms with Crippen LogP contribution in [0.15, 0.2) is 30.3 Å². The summed E-state index contributed by atoms with van der Waals surface area (Å²) in [6.07, 6.45) is -2.76. The topological polar surface area (TPSA) is 122 Å². The first-order valence-corrected chi connectivity index (χ1v) is 9.99. The Morgan fingerprint density at radius 1 is 1.28 bits per heavy atom. The predicted molar refractivity (Wildman–Crippen MR) is 105 cm³/mol. The van der Waals surface area contributed by atoms with Crippen LogP contribution in [0.5, 0.6) is 0 Å². The number of hydrogen-bond donors (Lipinski definition) is 4. The summed E-state index contributed by atoms with van der Waals surface area (Å²) in [6.45, 7) is 0.815. The highest BCUT2D eigenvalue weighted by molar-refractivity contribution is 7.71. The van der Waals surface area contributed by atoms with Crippen LogP contribution < -0.4 is 5.32 Å². The zero-order valence-corrected chi connectivity index (χ0v) is 16.7.